The Bertz CT molecular complexity index is 909. The van der Waals surface area contributed by atoms with Crippen LogP contribution in [-0.4, -0.2) is 39.7 Å². The van der Waals surface area contributed by atoms with Crippen LogP contribution in [0, 0.1) is 6.92 Å². The standard InChI is InChI=1S/C19H21N5O2/c1-14-20-21-18(26-14)23-10-8-19(9-11-23)17-15(7-12-25-19)13-24(22-17)16-5-3-2-4-6-16/h2-6,13H,7-12H2,1H3. The van der Waals surface area contributed by atoms with Crippen LogP contribution in [0.2, 0.25) is 0 Å². The van der Waals surface area contributed by atoms with Gasteiger partial charge in [0.05, 0.1) is 18.0 Å². The van der Waals surface area contributed by atoms with Gasteiger partial charge in [0.2, 0.25) is 5.89 Å². The quantitative estimate of drug-likeness (QED) is 0.707. The normalized spacial score (nSPS) is 18.9. The fourth-order valence-electron chi connectivity index (χ4n) is 3.97. The summed E-state index contributed by atoms with van der Waals surface area (Å²) < 4.78 is 13.9. The molecule has 0 atom stereocenters. The smallest absolute Gasteiger partial charge is 0.318 e. The molecule has 4 heterocycles. The molecule has 134 valence electrons. The molecule has 5 rings (SSSR count). The van der Waals surface area contributed by atoms with Crippen LogP contribution >= 0.6 is 0 Å². The number of aromatic nitrogens is 4. The molecule has 7 nitrogen and oxygen atoms in total. The van der Waals surface area contributed by atoms with Gasteiger partial charge in [-0.25, -0.2) is 4.68 Å². The maximum absolute atomic E-state index is 6.30. The lowest BCUT2D eigenvalue weighted by molar-refractivity contribution is -0.0800. The van der Waals surface area contributed by atoms with Crippen LogP contribution in [0.25, 0.3) is 5.69 Å². The van der Waals surface area contributed by atoms with E-state index in [1.54, 1.807) is 0 Å². The zero-order valence-corrected chi connectivity index (χ0v) is 14.8. The molecule has 0 radical (unpaired) electrons. The van der Waals surface area contributed by atoms with Crippen molar-refractivity contribution in [2.45, 2.75) is 31.8 Å². The lowest BCUT2D eigenvalue weighted by Crippen LogP contribution is -2.47. The average molecular weight is 351 g/mol. The first kappa shape index (κ1) is 15.6. The molecule has 0 saturated carbocycles. The number of anilines is 1. The van der Waals surface area contributed by atoms with E-state index in [2.05, 4.69) is 33.4 Å². The van der Waals surface area contributed by atoms with Crippen molar-refractivity contribution in [3.63, 3.8) is 0 Å². The van der Waals surface area contributed by atoms with E-state index in [-0.39, 0.29) is 5.60 Å². The second kappa shape index (κ2) is 5.95. The molecule has 0 aliphatic carbocycles. The number of fused-ring (bicyclic) bond motifs is 2. The fraction of sp³-hybridized carbons (Fsp3) is 0.421. The number of hydrogen-bond donors (Lipinski definition) is 0. The Balaban J connectivity index is 1.43. The summed E-state index contributed by atoms with van der Waals surface area (Å²) in [5.74, 6) is 0.595. The minimum absolute atomic E-state index is 0.306. The third kappa shape index (κ3) is 2.50. The Hall–Kier alpha value is -2.67. The Morgan fingerprint density at radius 2 is 1.88 bits per heavy atom. The molecule has 0 N–H and O–H groups in total. The highest BCUT2D eigenvalue weighted by atomic mass is 16.5. The zero-order valence-electron chi connectivity index (χ0n) is 14.8. The van der Waals surface area contributed by atoms with Crippen LogP contribution in [0.15, 0.2) is 40.9 Å². The first-order valence-corrected chi connectivity index (χ1v) is 9.07. The molecule has 7 heteroatoms. The molecule has 1 saturated heterocycles. The Kier molecular flexibility index (Phi) is 3.56. The molecule has 26 heavy (non-hydrogen) atoms. The number of hydrogen-bond acceptors (Lipinski definition) is 6. The summed E-state index contributed by atoms with van der Waals surface area (Å²) in [6, 6.07) is 10.8. The number of benzene rings is 1. The minimum atomic E-state index is -0.306. The molecule has 2 aromatic heterocycles. The second-order valence-electron chi connectivity index (χ2n) is 6.97. The Morgan fingerprint density at radius 3 is 2.62 bits per heavy atom. The van der Waals surface area contributed by atoms with Crippen LogP contribution in [0.3, 0.4) is 0 Å². The van der Waals surface area contributed by atoms with Crippen molar-refractivity contribution in [1.29, 1.82) is 0 Å². The number of ether oxygens (including phenoxy) is 1. The van der Waals surface area contributed by atoms with E-state index in [0.717, 1.165) is 50.3 Å². The van der Waals surface area contributed by atoms with Gasteiger partial charge in [-0.15, -0.1) is 5.10 Å². The number of rotatable bonds is 2. The number of nitrogens with zero attached hydrogens (tertiary/aromatic N) is 5. The van der Waals surface area contributed by atoms with Gasteiger partial charge >= 0.3 is 6.01 Å². The van der Waals surface area contributed by atoms with Crippen molar-refractivity contribution in [2.75, 3.05) is 24.6 Å². The molecule has 1 spiro atoms. The van der Waals surface area contributed by atoms with Gasteiger partial charge in [0.1, 0.15) is 5.60 Å². The summed E-state index contributed by atoms with van der Waals surface area (Å²) in [5.41, 5.74) is 3.16. The first-order valence-electron chi connectivity index (χ1n) is 9.07. The van der Waals surface area contributed by atoms with Crippen LogP contribution in [0.4, 0.5) is 6.01 Å². The third-order valence-corrected chi connectivity index (χ3v) is 5.35. The highest BCUT2D eigenvalue weighted by molar-refractivity contribution is 5.37. The van der Waals surface area contributed by atoms with Crippen molar-refractivity contribution < 1.29 is 9.15 Å². The van der Waals surface area contributed by atoms with Gasteiger partial charge in [-0.3, -0.25) is 0 Å². The largest absolute Gasteiger partial charge is 0.408 e. The molecule has 1 fully saturated rings. The molecule has 0 bridgehead atoms. The van der Waals surface area contributed by atoms with Crippen LogP contribution < -0.4 is 4.90 Å². The second-order valence-corrected chi connectivity index (χ2v) is 6.97. The van der Waals surface area contributed by atoms with Crippen molar-refractivity contribution in [3.8, 4) is 5.69 Å². The molecule has 0 amide bonds. The number of aryl methyl sites for hydroxylation is 1. The predicted molar refractivity (Wildman–Crippen MR) is 95.4 cm³/mol. The van der Waals surface area contributed by atoms with Gasteiger partial charge in [0, 0.05) is 26.2 Å². The molecule has 2 aliphatic rings. The van der Waals surface area contributed by atoms with Gasteiger partial charge in [0.25, 0.3) is 0 Å². The summed E-state index contributed by atoms with van der Waals surface area (Å²) in [4.78, 5) is 2.14. The predicted octanol–water partition coefficient (Wildman–Crippen LogP) is 2.63. The van der Waals surface area contributed by atoms with Crippen molar-refractivity contribution >= 4 is 6.01 Å². The van der Waals surface area contributed by atoms with Crippen molar-refractivity contribution in [1.82, 2.24) is 20.0 Å². The van der Waals surface area contributed by atoms with Gasteiger partial charge in [0.15, 0.2) is 0 Å². The van der Waals surface area contributed by atoms with Crippen molar-refractivity contribution in [2.24, 2.45) is 0 Å². The summed E-state index contributed by atoms with van der Waals surface area (Å²) >= 11 is 0. The van der Waals surface area contributed by atoms with Gasteiger partial charge in [-0.1, -0.05) is 23.3 Å². The van der Waals surface area contributed by atoms with Crippen LogP contribution in [-0.2, 0) is 16.8 Å². The van der Waals surface area contributed by atoms with Gasteiger partial charge in [-0.2, -0.15) is 5.10 Å². The highest BCUT2D eigenvalue weighted by Crippen LogP contribution is 2.41. The summed E-state index contributed by atoms with van der Waals surface area (Å²) in [5, 5.41) is 13.0. The molecule has 3 aromatic rings. The topological polar surface area (TPSA) is 69.2 Å². The Morgan fingerprint density at radius 1 is 1.08 bits per heavy atom. The number of para-hydroxylation sites is 1. The first-order chi connectivity index (χ1) is 12.7. The molecular weight excluding hydrogens is 330 g/mol. The van der Waals surface area contributed by atoms with Gasteiger partial charge < -0.3 is 14.1 Å². The van der Waals surface area contributed by atoms with E-state index < -0.39 is 0 Å². The van der Waals surface area contributed by atoms with E-state index >= 15 is 0 Å². The highest BCUT2D eigenvalue weighted by Gasteiger charge is 2.44. The van der Waals surface area contributed by atoms with Crippen LogP contribution in [0.5, 0.6) is 0 Å². The summed E-state index contributed by atoms with van der Waals surface area (Å²) in [6.45, 7) is 4.19. The van der Waals surface area contributed by atoms with E-state index in [0.29, 0.717) is 11.9 Å². The molecular formula is C19H21N5O2. The third-order valence-electron chi connectivity index (χ3n) is 5.35. The molecule has 0 unspecified atom stereocenters. The van der Waals surface area contributed by atoms with E-state index in [1.807, 2.05) is 29.8 Å². The molecule has 2 aliphatic heterocycles. The van der Waals surface area contributed by atoms with E-state index in [1.165, 1.54) is 5.56 Å². The lowest BCUT2D eigenvalue weighted by Gasteiger charge is -2.42. The van der Waals surface area contributed by atoms with E-state index in [9.17, 15) is 0 Å². The Labute approximate surface area is 151 Å². The minimum Gasteiger partial charge on any atom is -0.408 e. The zero-order chi connectivity index (χ0) is 17.6. The average Bonchev–Trinajstić information content (AvgIpc) is 3.31. The number of piperidine rings is 1. The summed E-state index contributed by atoms with van der Waals surface area (Å²) in [7, 11) is 0. The SMILES string of the molecule is Cc1nnc(N2CCC3(CC2)OCCc2cn(-c4ccccc4)nc23)o1. The van der Waals surface area contributed by atoms with E-state index in [4.69, 9.17) is 14.3 Å². The lowest BCUT2D eigenvalue weighted by atomic mass is 9.84. The van der Waals surface area contributed by atoms with Gasteiger partial charge in [-0.05, 0) is 37.0 Å². The summed E-state index contributed by atoms with van der Waals surface area (Å²) in [6.07, 6.45) is 4.81. The van der Waals surface area contributed by atoms with Crippen molar-refractivity contribution in [3.05, 3.63) is 53.7 Å². The maximum Gasteiger partial charge on any atom is 0.318 e. The fourth-order valence-corrected chi connectivity index (χ4v) is 3.97. The monoisotopic (exact) mass is 351 g/mol. The molecule has 1 aromatic carbocycles. The van der Waals surface area contributed by atoms with Crippen LogP contribution in [0.1, 0.15) is 30.0 Å². The maximum atomic E-state index is 6.30.